The summed E-state index contributed by atoms with van der Waals surface area (Å²) in [5, 5.41) is 0. The first-order valence-electron chi connectivity index (χ1n) is 0.651. The molecule has 0 aliphatic rings. The molecule has 6 heavy (non-hydrogen) atoms. The van der Waals surface area contributed by atoms with Gasteiger partial charge in [-0.2, -0.15) is 0 Å². The molecule has 0 aromatic heterocycles. The van der Waals surface area contributed by atoms with Gasteiger partial charge in [0.05, 0.1) is 0 Å². The number of rotatable bonds is 0. The van der Waals surface area contributed by atoms with E-state index in [1.54, 1.807) is 0 Å². The molecule has 2 N–H and O–H groups in total. The summed E-state index contributed by atoms with van der Waals surface area (Å²) < 4.78 is 23.2. The van der Waals surface area contributed by atoms with Crippen molar-refractivity contribution in [2.24, 2.45) is 0 Å². The maximum atomic E-state index is 8.81. The molecule has 0 atom stereocenters. The zero-order valence-corrected chi connectivity index (χ0v) is 9.89. The van der Waals surface area contributed by atoms with E-state index in [1.165, 1.54) is 0 Å². The summed E-state index contributed by atoms with van der Waals surface area (Å²) in [6.45, 7) is 0. The van der Waals surface area contributed by atoms with Crippen molar-refractivity contribution in [3.05, 3.63) is 0 Å². The Morgan fingerprint density at radius 3 is 1.50 bits per heavy atom. The first kappa shape index (κ1) is 15.8. The molecule has 0 unspecified atom stereocenters. The van der Waals surface area contributed by atoms with Crippen LogP contribution >= 0.6 is 0 Å². The molecule has 0 aliphatic carbocycles. The second kappa shape index (κ2) is 10.5. The van der Waals surface area contributed by atoms with Gasteiger partial charge in [-0.25, -0.2) is 0 Å². The Hall–Kier alpha value is 2.51. The van der Waals surface area contributed by atoms with Gasteiger partial charge in [0.2, 0.25) is 0 Å². The third-order valence-electron chi connectivity index (χ3n) is 0. The fraction of sp³-hybridized carbons (Fsp3) is 0. The van der Waals surface area contributed by atoms with E-state index in [0.717, 1.165) is 0 Å². The van der Waals surface area contributed by atoms with Gasteiger partial charge in [0.15, 0.2) is 0 Å². The summed E-state index contributed by atoms with van der Waals surface area (Å²) in [5.41, 5.74) is 0. The predicted octanol–water partition coefficient (Wildman–Crippen LogP) is -1.39. The SMILES string of the molecule is [Ba+2].[Co].[H-].[H-].[O]=[Ti]([OH])[OH]. The summed E-state index contributed by atoms with van der Waals surface area (Å²) in [7, 11) is 0. The van der Waals surface area contributed by atoms with Gasteiger partial charge in [0.25, 0.3) is 0 Å². The first-order chi connectivity index (χ1) is 1.73. The summed E-state index contributed by atoms with van der Waals surface area (Å²) in [5.74, 6) is 0. The minimum absolute atomic E-state index is 0. The molecular formula is H4BaCoO3Ti. The van der Waals surface area contributed by atoms with Gasteiger partial charge in [-0.3, -0.25) is 0 Å². The van der Waals surface area contributed by atoms with Crippen LogP contribution in [0, 0.1) is 0 Å². The zero-order chi connectivity index (χ0) is 3.58. The standard InChI is InChI=1S/Ba.Co.2H2O.O.Ti.2H/h;;2*1H2;;;;/q+2;;;;;+2;2*-1/p-2. The topological polar surface area (TPSA) is 57.5 Å². The van der Waals surface area contributed by atoms with E-state index in [9.17, 15) is 0 Å². The van der Waals surface area contributed by atoms with Crippen LogP contribution < -0.4 is 0 Å². The molecule has 0 rings (SSSR count). The molecule has 0 aliphatic heterocycles. The molecule has 6 heteroatoms. The van der Waals surface area contributed by atoms with Crippen LogP contribution in [-0.4, -0.2) is 56.3 Å². The first-order valence-corrected chi connectivity index (χ1v) is 2.69. The second-order valence-corrected chi connectivity index (χ2v) is 1.17. The van der Waals surface area contributed by atoms with E-state index in [1.807, 2.05) is 0 Å². The van der Waals surface area contributed by atoms with E-state index in [2.05, 4.69) is 0 Å². The molecular weight excluding hydrogens is 292 g/mol. The molecule has 0 fully saturated rings. The van der Waals surface area contributed by atoms with Gasteiger partial charge >= 0.3 is 78.2 Å². The Bertz CT molecular complexity index is 40.3. The average molecular weight is 296 g/mol. The van der Waals surface area contributed by atoms with E-state index in [-0.39, 0.29) is 68.5 Å². The normalized spacial score (nSPS) is 4.33. The van der Waals surface area contributed by atoms with Gasteiger partial charge in [0.1, 0.15) is 0 Å². The zero-order valence-electron chi connectivity index (χ0n) is 4.84. The van der Waals surface area contributed by atoms with Crippen molar-refractivity contribution in [3.8, 4) is 0 Å². The predicted molar refractivity (Wildman–Crippen MR) is 13.1 cm³/mol. The molecule has 0 aromatic rings. The summed E-state index contributed by atoms with van der Waals surface area (Å²) >= 11 is -3.58. The third-order valence-corrected chi connectivity index (χ3v) is 0. The van der Waals surface area contributed by atoms with Crippen LogP contribution in [0.5, 0.6) is 0 Å². The van der Waals surface area contributed by atoms with Crippen LogP contribution in [0.4, 0.5) is 0 Å². The van der Waals surface area contributed by atoms with E-state index in [0.29, 0.717) is 0 Å². The molecule has 0 saturated heterocycles. The Morgan fingerprint density at radius 1 is 1.50 bits per heavy atom. The Morgan fingerprint density at radius 2 is 1.50 bits per heavy atom. The van der Waals surface area contributed by atoms with Crippen molar-refractivity contribution in [1.82, 2.24) is 0 Å². The molecule has 0 heterocycles. The van der Waals surface area contributed by atoms with Crippen LogP contribution in [0.25, 0.3) is 0 Å². The molecule has 0 amide bonds. The van der Waals surface area contributed by atoms with Gasteiger partial charge in [-0.1, -0.05) is 0 Å². The number of hydrogen-bond donors (Lipinski definition) is 2. The monoisotopic (exact) mass is 297 g/mol. The van der Waals surface area contributed by atoms with Gasteiger partial charge in [0, 0.05) is 16.8 Å². The average Bonchev–Trinajstić information content (AvgIpc) is 0.811. The Kier molecular flexibility index (Phi) is 27.6. The van der Waals surface area contributed by atoms with Gasteiger partial charge in [-0.15, -0.1) is 0 Å². The molecule has 0 spiro atoms. The molecule has 0 saturated carbocycles. The van der Waals surface area contributed by atoms with Crippen molar-refractivity contribution >= 4 is 48.9 Å². The fourth-order valence-corrected chi connectivity index (χ4v) is 0. The van der Waals surface area contributed by atoms with Crippen molar-refractivity contribution < 1.29 is 48.9 Å². The minimum atomic E-state index is -3.58. The summed E-state index contributed by atoms with van der Waals surface area (Å²) in [6.07, 6.45) is 0. The van der Waals surface area contributed by atoms with Gasteiger partial charge in [-0.05, 0) is 0 Å². The maximum absolute atomic E-state index is 8.81. The second-order valence-electron chi connectivity index (χ2n) is 0.283. The molecule has 1 radical (unpaired) electrons. The van der Waals surface area contributed by atoms with Crippen molar-refractivity contribution in [3.63, 3.8) is 0 Å². The molecule has 0 aromatic carbocycles. The quantitative estimate of drug-likeness (QED) is 0.541. The molecule has 0 bridgehead atoms. The van der Waals surface area contributed by atoms with Crippen LogP contribution in [0.1, 0.15) is 2.85 Å². The van der Waals surface area contributed by atoms with Crippen LogP contribution in [0.3, 0.4) is 0 Å². The Labute approximate surface area is 95.9 Å². The van der Waals surface area contributed by atoms with Crippen LogP contribution in [0.2, 0.25) is 0 Å². The number of hydrogen-bond acceptors (Lipinski definition) is 1. The van der Waals surface area contributed by atoms with Crippen molar-refractivity contribution in [2.75, 3.05) is 0 Å². The van der Waals surface area contributed by atoms with E-state index >= 15 is 0 Å². The van der Waals surface area contributed by atoms with Crippen molar-refractivity contribution in [1.29, 1.82) is 0 Å². The summed E-state index contributed by atoms with van der Waals surface area (Å²) in [6, 6.07) is 0. The Balaban J connectivity index is -0.00000000750. The molecule has 3 nitrogen and oxygen atoms in total. The van der Waals surface area contributed by atoms with E-state index < -0.39 is 18.6 Å². The summed E-state index contributed by atoms with van der Waals surface area (Å²) in [4.78, 5) is 0. The van der Waals surface area contributed by atoms with Crippen LogP contribution in [-0.2, 0) is 38.7 Å². The molecule has 37 valence electrons. The van der Waals surface area contributed by atoms with Crippen molar-refractivity contribution in [2.45, 2.75) is 0 Å². The van der Waals surface area contributed by atoms with Gasteiger partial charge < -0.3 is 2.85 Å². The van der Waals surface area contributed by atoms with E-state index in [4.69, 9.17) is 10.7 Å². The van der Waals surface area contributed by atoms with Crippen LogP contribution in [0.15, 0.2) is 0 Å². The fourth-order valence-electron chi connectivity index (χ4n) is 0. The third kappa shape index (κ3) is 31.4.